The van der Waals surface area contributed by atoms with Crippen LogP contribution in [0.1, 0.15) is 17.4 Å². The second kappa shape index (κ2) is 13.5. The average molecular weight is 382 g/mol. The number of allylic oxidation sites excluding steroid dienone is 1. The van der Waals surface area contributed by atoms with Gasteiger partial charge in [-0.05, 0) is 30.0 Å². The van der Waals surface area contributed by atoms with E-state index in [1.54, 1.807) is 48.7 Å². The van der Waals surface area contributed by atoms with Crippen molar-refractivity contribution in [3.05, 3.63) is 64.4 Å². The molecule has 6 nitrogen and oxygen atoms in total. The van der Waals surface area contributed by atoms with Crippen molar-refractivity contribution in [2.75, 3.05) is 7.11 Å². The molecule has 0 bridgehead atoms. The molecule has 0 aliphatic carbocycles. The third-order valence-electron chi connectivity index (χ3n) is 2.43. The van der Waals surface area contributed by atoms with Crippen molar-refractivity contribution in [2.45, 2.75) is 6.92 Å². The Hall–Kier alpha value is -1.90. The number of nitrogens with zero attached hydrogens (tertiary/aromatic N) is 2. The molecule has 2 aromatic rings. The Bertz CT molecular complexity index is 656. The van der Waals surface area contributed by atoms with Gasteiger partial charge in [-0.15, -0.1) is 11.3 Å². The summed E-state index contributed by atoms with van der Waals surface area (Å²) in [5.74, 6) is -0.564. The Morgan fingerprint density at radius 1 is 1.00 bits per heavy atom. The van der Waals surface area contributed by atoms with Crippen LogP contribution in [0.2, 0.25) is 0 Å². The van der Waals surface area contributed by atoms with Crippen LogP contribution in [0.5, 0.6) is 0 Å². The third kappa shape index (κ3) is 8.10. The SMILES string of the molecule is CC(/C=C(\[O-])c1ccccc1)=N\N=C(/[O-])c1cccs1.C[O-].[O-2].[V]. The summed E-state index contributed by atoms with van der Waals surface area (Å²) in [7, 11) is 0.750. The summed E-state index contributed by atoms with van der Waals surface area (Å²) >= 11 is 1.30. The number of benzene rings is 1. The van der Waals surface area contributed by atoms with Gasteiger partial charge in [-0.25, -0.2) is 0 Å². The van der Waals surface area contributed by atoms with Gasteiger partial charge in [0.2, 0.25) is 0 Å². The molecular weight excluding hydrogens is 367 g/mol. The van der Waals surface area contributed by atoms with Crippen LogP contribution < -0.4 is 15.3 Å². The minimum Gasteiger partial charge on any atom is -2.00 e. The molecule has 24 heavy (non-hydrogen) atoms. The zero-order valence-electron chi connectivity index (χ0n) is 13.1. The van der Waals surface area contributed by atoms with Gasteiger partial charge in [0.05, 0.1) is 5.71 Å². The van der Waals surface area contributed by atoms with Crippen molar-refractivity contribution in [1.29, 1.82) is 0 Å². The molecule has 1 radical (unpaired) electrons. The van der Waals surface area contributed by atoms with E-state index in [4.69, 9.17) is 5.11 Å². The van der Waals surface area contributed by atoms with Crippen molar-refractivity contribution in [3.63, 3.8) is 0 Å². The molecule has 0 fully saturated rings. The largest absolute Gasteiger partial charge is 2.00 e. The molecule has 0 unspecified atom stereocenters. The smallest absolute Gasteiger partial charge is 0.0593 e. The van der Waals surface area contributed by atoms with Crippen molar-refractivity contribution < 1.29 is 39.4 Å². The minimum absolute atomic E-state index is 0. The van der Waals surface area contributed by atoms with E-state index >= 15 is 0 Å². The molecule has 129 valence electrons. The summed E-state index contributed by atoms with van der Waals surface area (Å²) < 4.78 is 0. The van der Waals surface area contributed by atoms with Crippen molar-refractivity contribution in [1.82, 2.24) is 0 Å². The molecule has 1 aromatic heterocycles. The summed E-state index contributed by atoms with van der Waals surface area (Å²) in [6.45, 7) is 1.63. The first-order chi connectivity index (χ1) is 10.7. The summed E-state index contributed by atoms with van der Waals surface area (Å²) in [5.41, 5.74) is 0.968. The normalized spacial score (nSPS) is 11.5. The zero-order valence-corrected chi connectivity index (χ0v) is 15.3. The zero-order chi connectivity index (χ0) is 16.4. The van der Waals surface area contributed by atoms with Crippen molar-refractivity contribution >= 4 is 28.7 Å². The van der Waals surface area contributed by atoms with Crippen LogP contribution in [-0.2, 0) is 24.0 Å². The predicted octanol–water partition coefficient (Wildman–Crippen LogP) is 0.488. The molecule has 0 aliphatic heterocycles. The Morgan fingerprint density at radius 3 is 2.17 bits per heavy atom. The van der Waals surface area contributed by atoms with E-state index < -0.39 is 5.90 Å². The molecule has 1 heterocycles. The van der Waals surface area contributed by atoms with Gasteiger partial charge in [-0.1, -0.05) is 42.2 Å². The fourth-order valence-corrected chi connectivity index (χ4v) is 2.08. The van der Waals surface area contributed by atoms with E-state index in [0.29, 0.717) is 16.2 Å². The molecule has 0 amide bonds. The monoisotopic (exact) mass is 382 g/mol. The first-order valence-electron chi connectivity index (χ1n) is 6.35. The molecule has 0 aliphatic rings. The van der Waals surface area contributed by atoms with Gasteiger partial charge in [-0.2, -0.15) is 17.3 Å². The van der Waals surface area contributed by atoms with Crippen molar-refractivity contribution in [3.8, 4) is 0 Å². The van der Waals surface area contributed by atoms with Crippen molar-refractivity contribution in [2.24, 2.45) is 10.2 Å². The number of hydrogen-bond donors (Lipinski definition) is 0. The first kappa shape index (κ1) is 24.4. The Labute approximate surface area is 156 Å². The molecule has 2 rings (SSSR count). The van der Waals surface area contributed by atoms with Crippen LogP contribution in [0.15, 0.2) is 64.1 Å². The maximum atomic E-state index is 11.9. The summed E-state index contributed by atoms with van der Waals surface area (Å²) in [4.78, 5) is 0.524. The molecule has 0 atom stereocenters. The number of hydrogen-bond acceptors (Lipinski definition) is 6. The van der Waals surface area contributed by atoms with Gasteiger partial charge in [0.25, 0.3) is 0 Å². The van der Waals surface area contributed by atoms with E-state index in [1.807, 2.05) is 6.07 Å². The second-order valence-electron chi connectivity index (χ2n) is 4.00. The molecule has 0 spiro atoms. The van der Waals surface area contributed by atoms with E-state index in [2.05, 4.69) is 10.2 Å². The van der Waals surface area contributed by atoms with Gasteiger partial charge < -0.3 is 20.8 Å². The van der Waals surface area contributed by atoms with E-state index in [0.717, 1.165) is 7.11 Å². The minimum atomic E-state index is -0.403. The second-order valence-corrected chi connectivity index (χ2v) is 4.95. The number of rotatable bonds is 4. The average Bonchev–Trinajstić information content (AvgIpc) is 3.10. The summed E-state index contributed by atoms with van der Waals surface area (Å²) in [6, 6.07) is 12.3. The van der Waals surface area contributed by atoms with Crippen LogP contribution in [0.4, 0.5) is 0 Å². The third-order valence-corrected chi connectivity index (χ3v) is 3.29. The van der Waals surface area contributed by atoms with E-state index in [9.17, 15) is 10.2 Å². The Kier molecular flexibility index (Phi) is 13.7. The first-order valence-corrected chi connectivity index (χ1v) is 7.23. The molecule has 8 heteroatoms. The Morgan fingerprint density at radius 2 is 1.62 bits per heavy atom. The van der Waals surface area contributed by atoms with E-state index in [1.165, 1.54) is 17.4 Å². The van der Waals surface area contributed by atoms with Crippen LogP contribution in [-0.4, -0.2) is 18.7 Å². The standard InChI is InChI=1S/C15H14N2O2S.CH3O.O.V/c1-11(10-13(18)12-6-3-2-4-7-12)16-17-15(19)14-8-5-9-20-14;1-2;;/h2-10,18H,1H3,(H,17,19);1H3;;/q;-1;-2;/p-2/b13-10-,16-11+;;;. The van der Waals surface area contributed by atoms with Gasteiger partial charge in [0.1, 0.15) is 0 Å². The fraction of sp³-hybridized carbons (Fsp3) is 0.125. The predicted molar refractivity (Wildman–Crippen MR) is 85.0 cm³/mol. The van der Waals surface area contributed by atoms with Crippen LogP contribution in [0.3, 0.4) is 0 Å². The Balaban J connectivity index is 0. The molecule has 0 saturated carbocycles. The molecule has 1 aromatic carbocycles. The molecule has 0 saturated heterocycles. The van der Waals surface area contributed by atoms with Crippen LogP contribution in [0, 0.1) is 0 Å². The van der Waals surface area contributed by atoms with Gasteiger partial charge in [-0.3, -0.25) is 0 Å². The topological polar surface area (TPSA) is 122 Å². The fourth-order valence-electron chi connectivity index (χ4n) is 1.48. The summed E-state index contributed by atoms with van der Waals surface area (Å²) in [6.07, 6.45) is 1.36. The van der Waals surface area contributed by atoms with Gasteiger partial charge in [0, 0.05) is 29.3 Å². The maximum Gasteiger partial charge on any atom is 0.0593 e. The number of thiophene rings is 1. The van der Waals surface area contributed by atoms with E-state index in [-0.39, 0.29) is 29.8 Å². The van der Waals surface area contributed by atoms with Gasteiger partial charge in [0.15, 0.2) is 0 Å². The van der Waals surface area contributed by atoms with Crippen LogP contribution >= 0.6 is 11.3 Å². The maximum absolute atomic E-state index is 11.9. The summed E-state index contributed by atoms with van der Waals surface area (Å²) in [5, 5.41) is 40.9. The molecular formula is C16H15N2O4SV-5. The molecule has 0 N–H and O–H groups in total. The van der Waals surface area contributed by atoms with Gasteiger partial charge >= 0.3 is 0 Å². The van der Waals surface area contributed by atoms with Crippen LogP contribution in [0.25, 0.3) is 5.76 Å². The quantitative estimate of drug-likeness (QED) is 0.331.